The number of hydrogen-bond acceptors (Lipinski definition) is 0. The Hall–Kier alpha value is -1.34. The largest absolute Gasteiger partial charge is 0.0727 e. The third kappa shape index (κ3) is 3.06. The summed E-state index contributed by atoms with van der Waals surface area (Å²) in [7, 11) is -1.74. The van der Waals surface area contributed by atoms with Crippen LogP contribution in [-0.4, -0.2) is 8.07 Å². The summed E-state index contributed by atoms with van der Waals surface area (Å²) >= 11 is 0. The number of fused-ring (bicyclic) bond motifs is 2. The lowest BCUT2D eigenvalue weighted by Gasteiger charge is -2.48. The quantitative estimate of drug-likeness (QED) is 0.284. The number of allylic oxidation sites excluding steroid dienone is 12. The van der Waals surface area contributed by atoms with Gasteiger partial charge in [-0.25, -0.2) is 0 Å². The average molecular weight is 461 g/mol. The van der Waals surface area contributed by atoms with Crippen LogP contribution < -0.4 is 0 Å². The van der Waals surface area contributed by atoms with E-state index < -0.39 is 8.07 Å². The predicted molar refractivity (Wildman–Crippen MR) is 149 cm³/mol. The first-order valence-corrected chi connectivity index (χ1v) is 16.4. The maximum absolute atomic E-state index is 2.76. The smallest absolute Gasteiger partial charge is 0.0635 e. The molecule has 0 aliphatic heterocycles. The molecule has 0 bridgehead atoms. The highest BCUT2D eigenvalue weighted by molar-refractivity contribution is 6.81. The van der Waals surface area contributed by atoms with Crippen molar-refractivity contribution in [3.8, 4) is 0 Å². The second kappa shape index (κ2) is 7.84. The fourth-order valence-electron chi connectivity index (χ4n) is 9.02. The summed E-state index contributed by atoms with van der Waals surface area (Å²) in [6.45, 7) is 34.7. The van der Waals surface area contributed by atoms with Gasteiger partial charge in [-0.3, -0.25) is 0 Å². The van der Waals surface area contributed by atoms with Gasteiger partial charge in [0.05, 0.1) is 8.07 Å². The van der Waals surface area contributed by atoms with E-state index in [9.17, 15) is 0 Å². The molecule has 4 aliphatic rings. The van der Waals surface area contributed by atoms with E-state index in [0.29, 0.717) is 23.7 Å². The molecule has 1 heteroatoms. The van der Waals surface area contributed by atoms with Crippen LogP contribution in [0.2, 0.25) is 24.2 Å². The van der Waals surface area contributed by atoms with Gasteiger partial charge in [-0.2, -0.15) is 0 Å². The zero-order valence-electron chi connectivity index (χ0n) is 24.0. The lowest BCUT2D eigenvalue weighted by molar-refractivity contribution is 0.471. The molecular formula is C32H48Si. The fraction of sp³-hybridized carbons (Fsp3) is 0.625. The minimum Gasteiger partial charge on any atom is -0.0727 e. The van der Waals surface area contributed by atoms with Crippen LogP contribution in [0.15, 0.2) is 66.9 Å². The second-order valence-corrected chi connectivity index (χ2v) is 17.6. The highest BCUT2D eigenvalue weighted by Crippen LogP contribution is 2.66. The normalized spacial score (nSPS) is 35.5. The summed E-state index contributed by atoms with van der Waals surface area (Å²) in [5, 5.41) is 0. The van der Waals surface area contributed by atoms with Crippen LogP contribution >= 0.6 is 0 Å². The van der Waals surface area contributed by atoms with Crippen molar-refractivity contribution in [3.05, 3.63) is 66.9 Å². The third-order valence-corrected chi connectivity index (χ3v) is 16.4. The Kier molecular flexibility index (Phi) is 5.88. The molecule has 0 saturated heterocycles. The summed E-state index contributed by atoms with van der Waals surface area (Å²) in [4.78, 5) is 0. The maximum Gasteiger partial charge on any atom is 0.0635 e. The zero-order chi connectivity index (χ0) is 24.9. The molecule has 0 aromatic carbocycles. The topological polar surface area (TPSA) is 0 Å². The molecule has 0 radical (unpaired) electrons. The van der Waals surface area contributed by atoms with E-state index in [1.807, 2.05) is 0 Å². The van der Waals surface area contributed by atoms with E-state index in [4.69, 9.17) is 0 Å². The van der Waals surface area contributed by atoms with E-state index in [2.05, 4.69) is 96.2 Å². The minimum absolute atomic E-state index is 0.627. The first kappa shape index (κ1) is 24.8. The van der Waals surface area contributed by atoms with Gasteiger partial charge in [0.25, 0.3) is 0 Å². The first-order valence-electron chi connectivity index (χ1n) is 13.2. The van der Waals surface area contributed by atoms with Crippen molar-refractivity contribution in [2.24, 2.45) is 23.7 Å². The predicted octanol–water partition coefficient (Wildman–Crippen LogP) is 9.97. The lowest BCUT2D eigenvalue weighted by atomic mass is 9.72. The molecule has 0 saturated carbocycles. The van der Waals surface area contributed by atoms with Gasteiger partial charge in [-0.05, 0) is 128 Å². The Bertz CT molecular complexity index is 1030. The molecule has 180 valence electrons. The van der Waals surface area contributed by atoms with Gasteiger partial charge in [-0.1, -0.05) is 57.7 Å². The standard InChI is InChI=1S/C32H48Si/c1-15-17(3)21(7)29-27(19(15)5)23(9)25(11)31(29)33(13,14)32-26(12)24(10)28-20(6)16(2)18(4)22(8)30(28)32/h27-32H,1-14H3/t27-,28-,29?,30?,31?,32?/m0/s1. The molecule has 0 fully saturated rings. The highest BCUT2D eigenvalue weighted by Gasteiger charge is 2.57. The van der Waals surface area contributed by atoms with E-state index in [1.165, 1.54) is 0 Å². The van der Waals surface area contributed by atoms with E-state index in [0.717, 1.165) is 11.1 Å². The van der Waals surface area contributed by atoms with Crippen LogP contribution in [0.3, 0.4) is 0 Å². The van der Waals surface area contributed by atoms with Crippen LogP contribution in [0.25, 0.3) is 0 Å². The van der Waals surface area contributed by atoms with Crippen molar-refractivity contribution in [2.45, 2.75) is 107 Å². The van der Waals surface area contributed by atoms with Crippen LogP contribution in [-0.2, 0) is 0 Å². The van der Waals surface area contributed by atoms with Crippen molar-refractivity contribution in [1.82, 2.24) is 0 Å². The summed E-state index contributed by atoms with van der Waals surface area (Å²) in [6, 6.07) is 0. The molecule has 0 nitrogen and oxygen atoms in total. The van der Waals surface area contributed by atoms with Gasteiger partial charge >= 0.3 is 0 Å². The monoisotopic (exact) mass is 460 g/mol. The van der Waals surface area contributed by atoms with Crippen LogP contribution in [0, 0.1) is 23.7 Å². The molecule has 0 amide bonds. The average Bonchev–Trinajstić information content (AvgIpc) is 3.19. The van der Waals surface area contributed by atoms with E-state index in [1.54, 1.807) is 66.9 Å². The molecule has 0 aromatic rings. The van der Waals surface area contributed by atoms with Crippen molar-refractivity contribution in [3.63, 3.8) is 0 Å². The molecule has 33 heavy (non-hydrogen) atoms. The lowest BCUT2D eigenvalue weighted by Crippen LogP contribution is -2.46. The number of hydrogen-bond donors (Lipinski definition) is 0. The fourth-order valence-corrected chi connectivity index (χ4v) is 14.8. The van der Waals surface area contributed by atoms with Crippen LogP contribution in [0.1, 0.15) is 83.1 Å². The van der Waals surface area contributed by atoms with Gasteiger partial charge in [0.15, 0.2) is 0 Å². The van der Waals surface area contributed by atoms with Crippen molar-refractivity contribution < 1.29 is 0 Å². The minimum atomic E-state index is -1.74. The molecule has 4 aliphatic carbocycles. The van der Waals surface area contributed by atoms with Crippen LogP contribution in [0.5, 0.6) is 0 Å². The zero-order valence-corrected chi connectivity index (χ0v) is 25.0. The molecule has 6 atom stereocenters. The van der Waals surface area contributed by atoms with Gasteiger partial charge in [0.2, 0.25) is 0 Å². The summed E-state index contributed by atoms with van der Waals surface area (Å²) in [5.41, 5.74) is 21.1. The summed E-state index contributed by atoms with van der Waals surface area (Å²) < 4.78 is 0. The second-order valence-electron chi connectivity index (χ2n) is 12.7. The van der Waals surface area contributed by atoms with E-state index in [-0.39, 0.29) is 0 Å². The molecule has 4 rings (SSSR count). The van der Waals surface area contributed by atoms with Gasteiger partial charge < -0.3 is 0 Å². The van der Waals surface area contributed by atoms with Crippen molar-refractivity contribution in [1.29, 1.82) is 0 Å². The van der Waals surface area contributed by atoms with Crippen molar-refractivity contribution in [2.75, 3.05) is 0 Å². The Morgan fingerprint density at radius 2 is 0.636 bits per heavy atom. The number of rotatable bonds is 2. The van der Waals surface area contributed by atoms with E-state index >= 15 is 0 Å². The molecule has 0 heterocycles. The Morgan fingerprint density at radius 1 is 0.364 bits per heavy atom. The first-order chi connectivity index (χ1) is 15.2. The Morgan fingerprint density at radius 3 is 0.939 bits per heavy atom. The highest BCUT2D eigenvalue weighted by atomic mass is 28.3. The van der Waals surface area contributed by atoms with Gasteiger partial charge in [0, 0.05) is 11.8 Å². The van der Waals surface area contributed by atoms with Crippen molar-refractivity contribution >= 4 is 8.07 Å². The Labute approximate surface area is 205 Å². The van der Waals surface area contributed by atoms with Crippen LogP contribution in [0.4, 0.5) is 0 Å². The molecular weight excluding hydrogens is 412 g/mol. The molecule has 4 unspecified atom stereocenters. The SMILES string of the molecule is CC1=C(C)C2C([Si](C)(C)C3C(C)=C(C)[C@@H]4C(C)=C(C)C(C)=C(C)C34)C(C)=C(C)[C@@H]2C(C)=C1C. The molecule has 0 spiro atoms. The third-order valence-electron chi connectivity index (χ3n) is 11.6. The molecule has 0 aromatic heterocycles. The van der Waals surface area contributed by atoms with Gasteiger partial charge in [-0.15, -0.1) is 0 Å². The Balaban J connectivity index is 1.89. The maximum atomic E-state index is 2.76. The molecule has 0 N–H and O–H groups in total. The summed E-state index contributed by atoms with van der Waals surface area (Å²) in [6.07, 6.45) is 0. The van der Waals surface area contributed by atoms with Gasteiger partial charge in [0.1, 0.15) is 0 Å². The summed E-state index contributed by atoms with van der Waals surface area (Å²) in [5.74, 6) is 2.60.